The third-order valence-electron chi connectivity index (χ3n) is 6.60. The Morgan fingerprint density at radius 3 is 1.68 bits per heavy atom. The molecule has 5 heteroatoms. The molecule has 0 radical (unpaired) electrons. The van der Waals surface area contributed by atoms with Crippen molar-refractivity contribution < 1.29 is 9.59 Å². The minimum atomic E-state index is -0.225. The molecule has 40 heavy (non-hydrogen) atoms. The minimum Gasteiger partial charge on any atom is -0.277 e. The normalized spacial score (nSPS) is 13.8. The van der Waals surface area contributed by atoms with Crippen LogP contribution in [0.15, 0.2) is 156 Å². The van der Waals surface area contributed by atoms with Gasteiger partial charge in [0.15, 0.2) is 0 Å². The van der Waals surface area contributed by atoms with E-state index in [9.17, 15) is 9.59 Å². The number of para-hydroxylation sites is 2. The number of carbonyl (C=O) groups excluding carboxylic acids is 2. The zero-order chi connectivity index (χ0) is 27.3. The topological polar surface area (TPSA) is 53.0 Å². The van der Waals surface area contributed by atoms with E-state index in [1.807, 2.05) is 121 Å². The Bertz CT molecular complexity index is 1660. The smallest absolute Gasteiger partial charge is 0.277 e. The van der Waals surface area contributed by atoms with Crippen molar-refractivity contribution in [3.05, 3.63) is 168 Å². The number of hydrogen-bond donors (Lipinski definition) is 0. The summed E-state index contributed by atoms with van der Waals surface area (Å²) in [5.41, 5.74) is 4.74. The van der Waals surface area contributed by atoms with Crippen molar-refractivity contribution >= 4 is 40.8 Å². The van der Waals surface area contributed by atoms with Gasteiger partial charge < -0.3 is 0 Å². The highest BCUT2D eigenvalue weighted by molar-refractivity contribution is 6.33. The van der Waals surface area contributed by atoms with Crippen molar-refractivity contribution in [2.24, 2.45) is 4.99 Å². The van der Waals surface area contributed by atoms with Crippen molar-refractivity contribution in [2.75, 3.05) is 9.80 Å². The van der Waals surface area contributed by atoms with Crippen LogP contribution in [-0.2, 0) is 4.79 Å². The van der Waals surface area contributed by atoms with Crippen LogP contribution in [0.3, 0.4) is 0 Å². The van der Waals surface area contributed by atoms with Crippen molar-refractivity contribution in [1.29, 1.82) is 0 Å². The van der Waals surface area contributed by atoms with Crippen LogP contribution in [0.5, 0.6) is 0 Å². The fourth-order valence-electron chi connectivity index (χ4n) is 4.66. The Hall–Kier alpha value is -5.55. The third-order valence-corrected chi connectivity index (χ3v) is 6.60. The minimum absolute atomic E-state index is 0.168. The first-order chi connectivity index (χ1) is 19.7. The van der Waals surface area contributed by atoms with Crippen molar-refractivity contribution in [3.8, 4) is 0 Å². The van der Waals surface area contributed by atoms with Gasteiger partial charge in [-0.25, -0.2) is 4.99 Å². The zero-order valence-electron chi connectivity index (χ0n) is 21.6. The lowest BCUT2D eigenvalue weighted by molar-refractivity contribution is -0.113. The number of amides is 2. The fraction of sp³-hybridized carbons (Fsp3) is 0. The Morgan fingerprint density at radius 1 is 0.625 bits per heavy atom. The summed E-state index contributed by atoms with van der Waals surface area (Å²) in [4.78, 5) is 35.5. The van der Waals surface area contributed by atoms with Crippen LogP contribution in [0.4, 0.5) is 17.1 Å². The zero-order valence-corrected chi connectivity index (χ0v) is 21.6. The van der Waals surface area contributed by atoms with Crippen LogP contribution in [0.25, 0.3) is 6.08 Å². The van der Waals surface area contributed by atoms with Gasteiger partial charge in [0.25, 0.3) is 11.8 Å². The van der Waals surface area contributed by atoms with Gasteiger partial charge in [-0.1, -0.05) is 97.1 Å². The monoisotopic (exact) mass is 519 g/mol. The molecule has 0 unspecified atom stereocenters. The molecule has 1 heterocycles. The molecule has 5 aromatic rings. The van der Waals surface area contributed by atoms with E-state index in [2.05, 4.69) is 0 Å². The molecule has 0 atom stereocenters. The highest BCUT2D eigenvalue weighted by Crippen LogP contribution is 2.30. The Labute approximate surface area is 233 Å². The van der Waals surface area contributed by atoms with Crippen LogP contribution in [0.2, 0.25) is 0 Å². The summed E-state index contributed by atoms with van der Waals surface area (Å²) in [6.45, 7) is 0. The third kappa shape index (κ3) is 4.96. The summed E-state index contributed by atoms with van der Waals surface area (Å²) < 4.78 is 0. The SMILES string of the molecule is O=C1/C(=C\c2ccccc2)N=C(c2ccccc2)N1c1ccc(C(=O)N(c2ccccc2)c2ccccc2)cc1. The van der Waals surface area contributed by atoms with E-state index in [0.717, 1.165) is 22.5 Å². The molecule has 0 bridgehead atoms. The number of hydrogen-bond acceptors (Lipinski definition) is 3. The standard InChI is InChI=1S/C35H25N3O2/c39-34(37(29-17-9-3-10-18-29)30-19-11-4-12-20-30)28-21-23-31(24-22-28)38-33(27-15-7-2-8-16-27)36-32(35(38)40)25-26-13-5-1-6-14-26/h1-25H/b32-25+. The van der Waals surface area contributed by atoms with Crippen molar-refractivity contribution in [3.63, 3.8) is 0 Å². The number of benzene rings is 5. The molecule has 0 N–H and O–H groups in total. The molecule has 0 saturated carbocycles. The van der Waals surface area contributed by atoms with E-state index >= 15 is 0 Å². The van der Waals surface area contributed by atoms with Gasteiger partial charge >= 0.3 is 0 Å². The lowest BCUT2D eigenvalue weighted by atomic mass is 10.1. The molecule has 1 aliphatic rings. The number of nitrogens with zero attached hydrogens (tertiary/aromatic N) is 3. The molecule has 1 aliphatic heterocycles. The predicted molar refractivity (Wildman–Crippen MR) is 161 cm³/mol. The Kier molecular flexibility index (Phi) is 6.84. The second-order valence-electron chi connectivity index (χ2n) is 9.24. The van der Waals surface area contributed by atoms with Gasteiger partial charge in [-0.2, -0.15) is 0 Å². The predicted octanol–water partition coefficient (Wildman–Crippen LogP) is 7.50. The average Bonchev–Trinajstić information content (AvgIpc) is 3.34. The lowest BCUT2D eigenvalue weighted by Crippen LogP contribution is -2.32. The van der Waals surface area contributed by atoms with Crippen LogP contribution in [0.1, 0.15) is 21.5 Å². The van der Waals surface area contributed by atoms with Gasteiger partial charge in [-0.05, 0) is 60.2 Å². The summed E-state index contributed by atoms with van der Waals surface area (Å²) in [7, 11) is 0. The molecule has 5 nitrogen and oxygen atoms in total. The molecular weight excluding hydrogens is 494 g/mol. The molecule has 6 rings (SSSR count). The molecule has 0 aromatic heterocycles. The van der Waals surface area contributed by atoms with Gasteiger partial charge in [0.1, 0.15) is 11.5 Å². The van der Waals surface area contributed by atoms with Crippen LogP contribution < -0.4 is 9.80 Å². The Balaban J connectivity index is 1.36. The van der Waals surface area contributed by atoms with E-state index in [0.29, 0.717) is 22.8 Å². The Morgan fingerprint density at radius 2 is 1.12 bits per heavy atom. The molecular formula is C35H25N3O2. The molecule has 2 amide bonds. The maximum atomic E-state index is 13.8. The van der Waals surface area contributed by atoms with E-state index in [1.54, 1.807) is 40.1 Å². The maximum absolute atomic E-state index is 13.8. The van der Waals surface area contributed by atoms with E-state index < -0.39 is 0 Å². The summed E-state index contributed by atoms with van der Waals surface area (Å²) in [6.07, 6.45) is 1.79. The number of rotatable bonds is 6. The highest BCUT2D eigenvalue weighted by atomic mass is 16.2. The lowest BCUT2D eigenvalue weighted by Gasteiger charge is -2.24. The summed E-state index contributed by atoms with van der Waals surface area (Å²) in [6, 6.07) is 45.5. The second-order valence-corrected chi connectivity index (χ2v) is 9.24. The van der Waals surface area contributed by atoms with Gasteiger partial charge in [-0.15, -0.1) is 0 Å². The quantitative estimate of drug-likeness (QED) is 0.218. The fourth-order valence-corrected chi connectivity index (χ4v) is 4.66. The first-order valence-electron chi connectivity index (χ1n) is 13.0. The first kappa shape index (κ1) is 24.8. The molecule has 192 valence electrons. The summed E-state index contributed by atoms with van der Waals surface area (Å²) in [5.74, 6) is 0.150. The van der Waals surface area contributed by atoms with Crippen LogP contribution in [0, 0.1) is 0 Å². The molecule has 0 saturated heterocycles. The number of amidine groups is 1. The largest absolute Gasteiger partial charge is 0.282 e. The summed E-state index contributed by atoms with van der Waals surface area (Å²) in [5, 5.41) is 0. The van der Waals surface area contributed by atoms with Crippen LogP contribution >= 0.6 is 0 Å². The van der Waals surface area contributed by atoms with Crippen LogP contribution in [-0.4, -0.2) is 17.6 Å². The van der Waals surface area contributed by atoms with Gasteiger partial charge in [0.2, 0.25) is 0 Å². The first-order valence-corrected chi connectivity index (χ1v) is 13.0. The van der Waals surface area contributed by atoms with Crippen molar-refractivity contribution in [1.82, 2.24) is 0 Å². The second kappa shape index (κ2) is 11.1. The number of aliphatic imine (C=N–C) groups is 1. The van der Waals surface area contributed by atoms with E-state index in [4.69, 9.17) is 4.99 Å². The van der Waals surface area contributed by atoms with E-state index in [-0.39, 0.29) is 11.8 Å². The van der Waals surface area contributed by atoms with E-state index in [1.165, 1.54) is 0 Å². The molecule has 0 aliphatic carbocycles. The number of carbonyl (C=O) groups is 2. The average molecular weight is 520 g/mol. The molecule has 5 aromatic carbocycles. The van der Waals surface area contributed by atoms with Crippen molar-refractivity contribution in [2.45, 2.75) is 0 Å². The van der Waals surface area contributed by atoms with Gasteiger partial charge in [0.05, 0.1) is 5.69 Å². The maximum Gasteiger partial charge on any atom is 0.282 e. The van der Waals surface area contributed by atoms with Gasteiger partial charge in [0, 0.05) is 22.5 Å². The number of anilines is 3. The summed E-state index contributed by atoms with van der Waals surface area (Å²) >= 11 is 0. The molecule has 0 spiro atoms. The molecule has 0 fully saturated rings. The highest BCUT2D eigenvalue weighted by Gasteiger charge is 2.32. The van der Waals surface area contributed by atoms with Gasteiger partial charge in [-0.3, -0.25) is 19.4 Å².